The molecule has 3 rings (SSSR count). The molecule has 0 saturated carbocycles. The van der Waals surface area contributed by atoms with E-state index >= 15 is 0 Å². The number of carboxylic acids is 1. The minimum absolute atomic E-state index is 0.0849. The first-order chi connectivity index (χ1) is 10.4. The van der Waals surface area contributed by atoms with Gasteiger partial charge in [-0.1, -0.05) is 23.2 Å². The standard InChI is InChI=1S/C15H9Cl2NO4/c16-7-1-6(2-8(17)3-7)13-9-4-11(19)12(20)5-10(9)18-14(13)15(21)22/h1-5,18-20H,(H,21,22). The van der Waals surface area contributed by atoms with Crippen molar-refractivity contribution >= 4 is 40.1 Å². The van der Waals surface area contributed by atoms with Crippen LogP contribution in [0.25, 0.3) is 22.0 Å². The van der Waals surface area contributed by atoms with Crippen LogP contribution in [0.5, 0.6) is 11.5 Å². The molecule has 4 N–H and O–H groups in total. The molecule has 3 aromatic rings. The average Bonchev–Trinajstić information content (AvgIpc) is 2.77. The van der Waals surface area contributed by atoms with Crippen LogP contribution in [0.3, 0.4) is 0 Å². The van der Waals surface area contributed by atoms with Gasteiger partial charge in [-0.25, -0.2) is 4.79 Å². The molecule has 0 saturated heterocycles. The molecule has 0 spiro atoms. The van der Waals surface area contributed by atoms with Gasteiger partial charge < -0.3 is 20.3 Å². The van der Waals surface area contributed by atoms with Gasteiger partial charge in [-0.2, -0.15) is 0 Å². The topological polar surface area (TPSA) is 93.5 Å². The van der Waals surface area contributed by atoms with Crippen LogP contribution in [0.2, 0.25) is 10.0 Å². The smallest absolute Gasteiger partial charge is 0.352 e. The van der Waals surface area contributed by atoms with Gasteiger partial charge in [-0.15, -0.1) is 0 Å². The van der Waals surface area contributed by atoms with Gasteiger partial charge in [0, 0.05) is 27.1 Å². The third kappa shape index (κ3) is 2.34. The number of halogens is 2. The van der Waals surface area contributed by atoms with Gasteiger partial charge in [-0.3, -0.25) is 0 Å². The summed E-state index contributed by atoms with van der Waals surface area (Å²) >= 11 is 12.0. The van der Waals surface area contributed by atoms with Crippen molar-refractivity contribution in [3.05, 3.63) is 46.1 Å². The van der Waals surface area contributed by atoms with E-state index in [0.29, 0.717) is 32.1 Å². The van der Waals surface area contributed by atoms with Crippen LogP contribution in [0.1, 0.15) is 10.5 Å². The van der Waals surface area contributed by atoms with Crippen molar-refractivity contribution in [1.82, 2.24) is 4.98 Å². The lowest BCUT2D eigenvalue weighted by Gasteiger charge is -2.05. The molecule has 0 amide bonds. The lowest BCUT2D eigenvalue weighted by molar-refractivity contribution is 0.0692. The number of aromatic amines is 1. The number of aromatic carboxylic acids is 1. The number of nitrogens with one attached hydrogen (secondary N) is 1. The molecule has 1 heterocycles. The second-order valence-electron chi connectivity index (χ2n) is 4.72. The number of benzene rings is 2. The van der Waals surface area contributed by atoms with E-state index in [4.69, 9.17) is 23.2 Å². The highest BCUT2D eigenvalue weighted by atomic mass is 35.5. The number of hydrogen-bond donors (Lipinski definition) is 4. The monoisotopic (exact) mass is 337 g/mol. The van der Waals surface area contributed by atoms with Crippen LogP contribution in [0.15, 0.2) is 30.3 Å². The second-order valence-corrected chi connectivity index (χ2v) is 5.60. The molecule has 0 aliphatic heterocycles. The fraction of sp³-hybridized carbons (Fsp3) is 0. The quantitative estimate of drug-likeness (QED) is 0.526. The maximum Gasteiger partial charge on any atom is 0.352 e. The maximum atomic E-state index is 11.5. The highest BCUT2D eigenvalue weighted by molar-refractivity contribution is 6.35. The SMILES string of the molecule is O=C(O)c1[nH]c2cc(O)c(O)cc2c1-c1cc(Cl)cc(Cl)c1. The molecule has 0 unspecified atom stereocenters. The Labute approximate surface area is 134 Å². The summed E-state index contributed by atoms with van der Waals surface area (Å²) in [5.74, 6) is -1.87. The van der Waals surface area contributed by atoms with E-state index in [-0.39, 0.29) is 17.2 Å². The molecule has 1 aromatic heterocycles. The summed E-state index contributed by atoms with van der Waals surface area (Å²) in [6.07, 6.45) is 0. The number of H-pyrrole nitrogens is 1. The first-order valence-electron chi connectivity index (χ1n) is 6.14. The van der Waals surface area contributed by atoms with Crippen molar-refractivity contribution in [3.8, 4) is 22.6 Å². The van der Waals surface area contributed by atoms with Crippen molar-refractivity contribution in [2.75, 3.05) is 0 Å². The Morgan fingerprint density at radius 1 is 0.955 bits per heavy atom. The van der Waals surface area contributed by atoms with Gasteiger partial charge in [0.25, 0.3) is 0 Å². The number of hydrogen-bond acceptors (Lipinski definition) is 3. The van der Waals surface area contributed by atoms with Crippen LogP contribution in [-0.2, 0) is 0 Å². The Bertz CT molecular complexity index is 897. The Hall–Kier alpha value is -2.37. The van der Waals surface area contributed by atoms with E-state index in [1.165, 1.54) is 18.2 Å². The molecule has 112 valence electrons. The summed E-state index contributed by atoms with van der Waals surface area (Å²) in [6.45, 7) is 0. The predicted molar refractivity (Wildman–Crippen MR) is 84.0 cm³/mol. The zero-order valence-corrected chi connectivity index (χ0v) is 12.4. The lowest BCUT2D eigenvalue weighted by Crippen LogP contribution is -1.98. The number of fused-ring (bicyclic) bond motifs is 1. The molecule has 22 heavy (non-hydrogen) atoms. The van der Waals surface area contributed by atoms with Gasteiger partial charge in [0.15, 0.2) is 11.5 Å². The summed E-state index contributed by atoms with van der Waals surface area (Å²) in [7, 11) is 0. The molecule has 0 fully saturated rings. The van der Waals surface area contributed by atoms with Crippen LogP contribution < -0.4 is 0 Å². The number of rotatable bonds is 2. The van der Waals surface area contributed by atoms with Gasteiger partial charge in [0.1, 0.15) is 5.69 Å². The van der Waals surface area contributed by atoms with Crippen molar-refractivity contribution in [2.45, 2.75) is 0 Å². The Morgan fingerprint density at radius 2 is 1.55 bits per heavy atom. The third-order valence-electron chi connectivity index (χ3n) is 3.26. The molecule has 7 heteroatoms. The van der Waals surface area contributed by atoms with E-state index in [1.54, 1.807) is 12.1 Å². The highest BCUT2D eigenvalue weighted by Crippen LogP contribution is 2.39. The molecule has 2 aromatic carbocycles. The van der Waals surface area contributed by atoms with Gasteiger partial charge in [0.2, 0.25) is 0 Å². The minimum atomic E-state index is -1.18. The van der Waals surface area contributed by atoms with Gasteiger partial charge >= 0.3 is 5.97 Å². The first-order valence-corrected chi connectivity index (χ1v) is 6.90. The zero-order chi connectivity index (χ0) is 16.0. The summed E-state index contributed by atoms with van der Waals surface area (Å²) in [4.78, 5) is 14.2. The number of carbonyl (C=O) groups is 1. The van der Waals surface area contributed by atoms with Gasteiger partial charge in [0.05, 0.1) is 5.52 Å². The molecular weight excluding hydrogens is 329 g/mol. The first kappa shape index (κ1) is 14.6. The Kier molecular flexibility index (Phi) is 3.39. The normalized spacial score (nSPS) is 11.0. The van der Waals surface area contributed by atoms with Crippen LogP contribution >= 0.6 is 23.2 Å². The highest BCUT2D eigenvalue weighted by Gasteiger charge is 2.20. The number of aromatic nitrogens is 1. The number of phenolic OH excluding ortho intramolecular Hbond substituents is 2. The third-order valence-corrected chi connectivity index (χ3v) is 3.70. The second kappa shape index (κ2) is 5.12. The van der Waals surface area contributed by atoms with Crippen molar-refractivity contribution in [1.29, 1.82) is 0 Å². The van der Waals surface area contributed by atoms with Crippen molar-refractivity contribution < 1.29 is 20.1 Å². The molecule has 0 aliphatic rings. The van der Waals surface area contributed by atoms with E-state index < -0.39 is 5.97 Å². The fourth-order valence-corrected chi connectivity index (χ4v) is 2.90. The summed E-state index contributed by atoms with van der Waals surface area (Å²) in [6, 6.07) is 7.23. The van der Waals surface area contributed by atoms with Crippen molar-refractivity contribution in [2.24, 2.45) is 0 Å². The summed E-state index contributed by atoms with van der Waals surface area (Å²) in [5.41, 5.74) is 1.12. The van der Waals surface area contributed by atoms with E-state index in [0.717, 1.165) is 0 Å². The molecule has 0 atom stereocenters. The summed E-state index contributed by atoms with van der Waals surface area (Å²) < 4.78 is 0. The molecular formula is C15H9Cl2NO4. The molecule has 0 aliphatic carbocycles. The lowest BCUT2D eigenvalue weighted by atomic mass is 10.0. The number of phenols is 2. The Morgan fingerprint density at radius 3 is 2.14 bits per heavy atom. The number of carboxylic acid groups (broad SMARTS) is 1. The molecule has 5 nitrogen and oxygen atoms in total. The minimum Gasteiger partial charge on any atom is -0.504 e. The van der Waals surface area contributed by atoms with E-state index in [1.807, 2.05) is 0 Å². The van der Waals surface area contributed by atoms with Crippen molar-refractivity contribution in [3.63, 3.8) is 0 Å². The molecule has 0 bridgehead atoms. The van der Waals surface area contributed by atoms with Crippen LogP contribution in [0, 0.1) is 0 Å². The fourth-order valence-electron chi connectivity index (χ4n) is 2.38. The molecule has 0 radical (unpaired) electrons. The van der Waals surface area contributed by atoms with Crippen LogP contribution in [-0.4, -0.2) is 26.3 Å². The largest absolute Gasteiger partial charge is 0.504 e. The van der Waals surface area contributed by atoms with E-state index in [2.05, 4.69) is 4.98 Å². The number of aromatic hydroxyl groups is 2. The van der Waals surface area contributed by atoms with E-state index in [9.17, 15) is 20.1 Å². The average molecular weight is 338 g/mol. The maximum absolute atomic E-state index is 11.5. The zero-order valence-electron chi connectivity index (χ0n) is 10.9. The predicted octanol–water partition coefficient (Wildman–Crippen LogP) is 4.25. The van der Waals surface area contributed by atoms with Crippen LogP contribution in [0.4, 0.5) is 0 Å². The summed E-state index contributed by atoms with van der Waals surface area (Å²) in [5, 5.41) is 29.8. The Balaban J connectivity index is 2.42. The van der Waals surface area contributed by atoms with Gasteiger partial charge in [-0.05, 0) is 29.8 Å².